The van der Waals surface area contributed by atoms with Crippen LogP contribution in [-0.4, -0.2) is 28.8 Å². The van der Waals surface area contributed by atoms with Crippen LogP contribution in [0.4, 0.5) is 11.4 Å². The van der Waals surface area contributed by atoms with E-state index in [0.717, 1.165) is 17.7 Å². The number of nitro groups is 1. The molecule has 0 aliphatic carbocycles. The molecule has 3 atom stereocenters. The molecule has 3 rings (SSSR count). The average molecular weight is 409 g/mol. The fourth-order valence-electron chi connectivity index (χ4n) is 3.88. The van der Waals surface area contributed by atoms with Crippen molar-refractivity contribution < 1.29 is 14.5 Å². The number of rotatable bonds is 6. The average Bonchev–Trinajstić information content (AvgIpc) is 2.73. The SMILES string of the molecule is CCC(C)NC(=O)C1CC(C)N(C(=O)Cc2ccc([N+](=O)[O-])cc2)c2ccccc21. The predicted octanol–water partition coefficient (Wildman–Crippen LogP) is 3.96. The van der Waals surface area contributed by atoms with Crippen molar-refractivity contribution in [3.63, 3.8) is 0 Å². The highest BCUT2D eigenvalue weighted by Gasteiger charge is 2.36. The van der Waals surface area contributed by atoms with Gasteiger partial charge in [0.05, 0.1) is 17.3 Å². The van der Waals surface area contributed by atoms with Crippen LogP contribution in [0.5, 0.6) is 0 Å². The van der Waals surface area contributed by atoms with Crippen LogP contribution in [0.3, 0.4) is 0 Å². The Morgan fingerprint density at radius 3 is 2.50 bits per heavy atom. The summed E-state index contributed by atoms with van der Waals surface area (Å²) in [6, 6.07) is 13.5. The summed E-state index contributed by atoms with van der Waals surface area (Å²) in [6.45, 7) is 5.96. The third-order valence-electron chi connectivity index (χ3n) is 5.68. The maximum Gasteiger partial charge on any atom is 0.269 e. The van der Waals surface area contributed by atoms with Gasteiger partial charge >= 0.3 is 0 Å². The third-order valence-corrected chi connectivity index (χ3v) is 5.68. The Morgan fingerprint density at radius 2 is 1.87 bits per heavy atom. The van der Waals surface area contributed by atoms with Gasteiger partial charge < -0.3 is 10.2 Å². The number of carbonyl (C=O) groups excluding carboxylic acids is 2. The van der Waals surface area contributed by atoms with Crippen LogP contribution in [0.2, 0.25) is 0 Å². The van der Waals surface area contributed by atoms with Crippen LogP contribution in [0.15, 0.2) is 48.5 Å². The van der Waals surface area contributed by atoms with E-state index in [9.17, 15) is 19.7 Å². The molecule has 1 heterocycles. The fraction of sp³-hybridized carbons (Fsp3) is 0.391. The van der Waals surface area contributed by atoms with Crippen molar-refractivity contribution in [1.29, 1.82) is 0 Å². The lowest BCUT2D eigenvalue weighted by molar-refractivity contribution is -0.384. The van der Waals surface area contributed by atoms with Crippen molar-refractivity contribution in [3.05, 3.63) is 69.8 Å². The van der Waals surface area contributed by atoms with Gasteiger partial charge in [-0.15, -0.1) is 0 Å². The van der Waals surface area contributed by atoms with Crippen molar-refractivity contribution in [3.8, 4) is 0 Å². The van der Waals surface area contributed by atoms with Crippen molar-refractivity contribution in [2.24, 2.45) is 0 Å². The summed E-state index contributed by atoms with van der Waals surface area (Å²) >= 11 is 0. The maximum absolute atomic E-state index is 13.2. The first-order valence-corrected chi connectivity index (χ1v) is 10.3. The Kier molecular flexibility index (Phi) is 6.50. The lowest BCUT2D eigenvalue weighted by Crippen LogP contribution is -2.47. The quantitative estimate of drug-likeness (QED) is 0.577. The highest BCUT2D eigenvalue weighted by molar-refractivity contribution is 5.98. The molecule has 0 saturated heterocycles. The number of nitrogens with one attached hydrogen (secondary N) is 1. The van der Waals surface area contributed by atoms with Gasteiger partial charge in [-0.3, -0.25) is 19.7 Å². The first-order valence-electron chi connectivity index (χ1n) is 10.3. The minimum Gasteiger partial charge on any atom is -0.353 e. The van der Waals surface area contributed by atoms with E-state index in [1.807, 2.05) is 45.0 Å². The topological polar surface area (TPSA) is 92.6 Å². The molecule has 0 bridgehead atoms. The number of hydrogen-bond donors (Lipinski definition) is 1. The van der Waals surface area contributed by atoms with Crippen LogP contribution < -0.4 is 10.2 Å². The summed E-state index contributed by atoms with van der Waals surface area (Å²) in [5, 5.41) is 13.9. The zero-order valence-electron chi connectivity index (χ0n) is 17.5. The van der Waals surface area contributed by atoms with E-state index in [1.165, 1.54) is 12.1 Å². The molecular weight excluding hydrogens is 382 g/mol. The number of benzene rings is 2. The van der Waals surface area contributed by atoms with Gasteiger partial charge in [0.2, 0.25) is 11.8 Å². The summed E-state index contributed by atoms with van der Waals surface area (Å²) in [7, 11) is 0. The Balaban J connectivity index is 1.84. The normalized spacial score (nSPS) is 19.0. The highest BCUT2D eigenvalue weighted by atomic mass is 16.6. The number of carbonyl (C=O) groups is 2. The van der Waals surface area contributed by atoms with Gasteiger partial charge in [0, 0.05) is 29.9 Å². The molecule has 0 saturated carbocycles. The number of anilines is 1. The van der Waals surface area contributed by atoms with Gasteiger partial charge in [-0.25, -0.2) is 0 Å². The number of fused-ring (bicyclic) bond motifs is 1. The molecule has 1 N–H and O–H groups in total. The van der Waals surface area contributed by atoms with Crippen molar-refractivity contribution in [1.82, 2.24) is 5.32 Å². The second-order valence-electron chi connectivity index (χ2n) is 7.88. The van der Waals surface area contributed by atoms with Gasteiger partial charge in [0.1, 0.15) is 0 Å². The molecule has 2 aromatic rings. The molecular formula is C23H27N3O4. The van der Waals surface area contributed by atoms with Crippen LogP contribution in [0.1, 0.15) is 50.7 Å². The molecule has 1 aliphatic rings. The van der Waals surface area contributed by atoms with Gasteiger partial charge in [0.15, 0.2) is 0 Å². The summed E-state index contributed by atoms with van der Waals surface area (Å²) < 4.78 is 0. The minimum atomic E-state index is -0.459. The predicted molar refractivity (Wildman–Crippen MR) is 115 cm³/mol. The number of nitrogens with zero attached hydrogens (tertiary/aromatic N) is 2. The molecule has 2 aromatic carbocycles. The molecule has 0 fully saturated rings. The number of amides is 2. The molecule has 30 heavy (non-hydrogen) atoms. The molecule has 7 nitrogen and oxygen atoms in total. The monoisotopic (exact) mass is 409 g/mol. The largest absolute Gasteiger partial charge is 0.353 e. The second-order valence-corrected chi connectivity index (χ2v) is 7.88. The Labute approximate surface area is 176 Å². The first kappa shape index (κ1) is 21.5. The Bertz CT molecular complexity index is 942. The van der Waals surface area contributed by atoms with E-state index in [0.29, 0.717) is 12.0 Å². The van der Waals surface area contributed by atoms with Crippen molar-refractivity contribution in [2.75, 3.05) is 4.90 Å². The highest BCUT2D eigenvalue weighted by Crippen LogP contribution is 2.39. The number of para-hydroxylation sites is 1. The fourth-order valence-corrected chi connectivity index (χ4v) is 3.88. The van der Waals surface area contributed by atoms with Crippen LogP contribution in [-0.2, 0) is 16.0 Å². The van der Waals surface area contributed by atoms with Crippen molar-refractivity contribution in [2.45, 2.75) is 58.0 Å². The molecule has 3 unspecified atom stereocenters. The number of non-ortho nitro benzene ring substituents is 1. The molecule has 158 valence electrons. The lowest BCUT2D eigenvalue weighted by Gasteiger charge is -2.39. The van der Waals surface area contributed by atoms with E-state index in [1.54, 1.807) is 17.0 Å². The van der Waals surface area contributed by atoms with Gasteiger partial charge in [0.25, 0.3) is 5.69 Å². The third kappa shape index (κ3) is 4.50. The molecule has 7 heteroatoms. The molecule has 0 radical (unpaired) electrons. The molecule has 2 amide bonds. The lowest BCUT2D eigenvalue weighted by atomic mass is 9.85. The Morgan fingerprint density at radius 1 is 1.20 bits per heavy atom. The Hall–Kier alpha value is -3.22. The van der Waals surface area contributed by atoms with Gasteiger partial charge in [-0.1, -0.05) is 37.3 Å². The molecule has 0 spiro atoms. The van der Waals surface area contributed by atoms with E-state index in [4.69, 9.17) is 0 Å². The van der Waals surface area contributed by atoms with Crippen molar-refractivity contribution >= 4 is 23.2 Å². The van der Waals surface area contributed by atoms with E-state index in [-0.39, 0.29) is 41.9 Å². The van der Waals surface area contributed by atoms with Crippen LogP contribution in [0, 0.1) is 10.1 Å². The summed E-state index contributed by atoms with van der Waals surface area (Å²) in [5.41, 5.74) is 2.32. The number of hydrogen-bond acceptors (Lipinski definition) is 4. The smallest absolute Gasteiger partial charge is 0.269 e. The maximum atomic E-state index is 13.2. The zero-order valence-corrected chi connectivity index (χ0v) is 17.5. The zero-order chi connectivity index (χ0) is 21.8. The summed E-state index contributed by atoms with van der Waals surface area (Å²) in [4.78, 5) is 38.1. The molecule has 1 aliphatic heterocycles. The number of nitro benzene ring substituents is 1. The standard InChI is InChI=1S/C23H27N3O4/c1-4-15(2)24-23(28)20-13-16(3)25(21-8-6-5-7-19(20)21)22(27)14-17-9-11-18(12-10-17)26(29)30/h5-12,15-16,20H,4,13-14H2,1-3H3,(H,24,28). The van der Waals surface area contributed by atoms with Gasteiger partial charge in [-0.05, 0) is 43.9 Å². The summed E-state index contributed by atoms with van der Waals surface area (Å²) in [6.07, 6.45) is 1.54. The van der Waals surface area contributed by atoms with Crippen LogP contribution in [0.25, 0.3) is 0 Å². The summed E-state index contributed by atoms with van der Waals surface area (Å²) in [5.74, 6) is -0.399. The first-order chi connectivity index (χ1) is 14.3. The van der Waals surface area contributed by atoms with Crippen LogP contribution >= 0.6 is 0 Å². The minimum absolute atomic E-state index is 0.00181. The molecule has 0 aromatic heterocycles. The van der Waals surface area contributed by atoms with E-state index < -0.39 is 4.92 Å². The second kappa shape index (κ2) is 9.07. The van der Waals surface area contributed by atoms with E-state index in [2.05, 4.69) is 5.32 Å². The van der Waals surface area contributed by atoms with Gasteiger partial charge in [-0.2, -0.15) is 0 Å². The van der Waals surface area contributed by atoms with E-state index >= 15 is 0 Å².